The monoisotopic (exact) mass is 532 g/mol. The molecule has 1 aliphatic carbocycles. The van der Waals surface area contributed by atoms with Gasteiger partial charge in [-0.25, -0.2) is 4.99 Å². The average molecular weight is 533 g/mol. The van der Waals surface area contributed by atoms with Crippen LogP contribution in [0.25, 0.3) is 0 Å². The van der Waals surface area contributed by atoms with Gasteiger partial charge in [-0.15, -0.1) is 24.0 Å². The molecule has 7 heteroatoms. The molecule has 1 fully saturated rings. The molecule has 1 aromatic carbocycles. The molecule has 3 rings (SSSR count). The maximum absolute atomic E-state index is 5.31. The number of guanidine groups is 1. The molecule has 0 unspecified atom stereocenters. The minimum absolute atomic E-state index is 0. The third-order valence-electron chi connectivity index (χ3n) is 4.59. The standard InChI is InChI=1S/C19H25BrN4O.HI/c1-3-16-11-17(25-24-16)12-22-18(21-4-2)23-13-19(8-9-19)14-6-5-7-15(20)10-14;/h5-7,10-11H,3-4,8-9,12-13H2,1-2H3,(H2,21,22,23);1H. The lowest BCUT2D eigenvalue weighted by Crippen LogP contribution is -2.41. The van der Waals surface area contributed by atoms with Gasteiger partial charge in [0.05, 0.1) is 5.69 Å². The largest absolute Gasteiger partial charge is 0.359 e. The van der Waals surface area contributed by atoms with Crippen molar-refractivity contribution in [2.75, 3.05) is 13.1 Å². The van der Waals surface area contributed by atoms with Gasteiger partial charge >= 0.3 is 0 Å². The summed E-state index contributed by atoms with van der Waals surface area (Å²) >= 11 is 3.57. The minimum atomic E-state index is 0. The van der Waals surface area contributed by atoms with Crippen LogP contribution in [-0.4, -0.2) is 24.2 Å². The highest BCUT2D eigenvalue weighted by atomic mass is 127. The van der Waals surface area contributed by atoms with Gasteiger partial charge in [0.25, 0.3) is 0 Å². The summed E-state index contributed by atoms with van der Waals surface area (Å²) in [6.07, 6.45) is 3.29. The third-order valence-corrected chi connectivity index (χ3v) is 5.09. The zero-order valence-corrected chi connectivity index (χ0v) is 19.1. The Morgan fingerprint density at radius 3 is 2.69 bits per heavy atom. The van der Waals surface area contributed by atoms with E-state index in [1.165, 1.54) is 18.4 Å². The number of nitrogens with one attached hydrogen (secondary N) is 2. The lowest BCUT2D eigenvalue weighted by molar-refractivity contribution is 0.379. The van der Waals surface area contributed by atoms with Crippen molar-refractivity contribution < 1.29 is 4.52 Å². The summed E-state index contributed by atoms with van der Waals surface area (Å²) in [5, 5.41) is 10.8. The van der Waals surface area contributed by atoms with Crippen molar-refractivity contribution in [2.24, 2.45) is 4.99 Å². The molecule has 0 amide bonds. The van der Waals surface area contributed by atoms with Crippen LogP contribution in [0.3, 0.4) is 0 Å². The number of hydrogen-bond donors (Lipinski definition) is 2. The van der Waals surface area contributed by atoms with E-state index in [1.54, 1.807) is 0 Å². The smallest absolute Gasteiger partial charge is 0.191 e. The number of aliphatic imine (C=N–C) groups is 1. The van der Waals surface area contributed by atoms with E-state index in [2.05, 4.69) is 74.8 Å². The zero-order chi connectivity index (χ0) is 17.7. The van der Waals surface area contributed by atoms with Crippen molar-refractivity contribution in [1.29, 1.82) is 0 Å². The van der Waals surface area contributed by atoms with E-state index in [0.717, 1.165) is 41.4 Å². The predicted molar refractivity (Wildman–Crippen MR) is 119 cm³/mol. The van der Waals surface area contributed by atoms with E-state index in [-0.39, 0.29) is 29.4 Å². The first-order valence-electron chi connectivity index (χ1n) is 8.88. The molecule has 1 aliphatic rings. The molecule has 142 valence electrons. The summed E-state index contributed by atoms with van der Waals surface area (Å²) in [6.45, 7) is 6.33. The fourth-order valence-electron chi connectivity index (χ4n) is 2.89. The quantitative estimate of drug-likeness (QED) is 0.315. The highest BCUT2D eigenvalue weighted by Crippen LogP contribution is 2.48. The van der Waals surface area contributed by atoms with Crippen molar-refractivity contribution >= 4 is 45.9 Å². The van der Waals surface area contributed by atoms with Gasteiger partial charge in [-0.05, 0) is 43.9 Å². The van der Waals surface area contributed by atoms with Crippen LogP contribution in [-0.2, 0) is 18.4 Å². The van der Waals surface area contributed by atoms with Crippen LogP contribution in [0.1, 0.15) is 43.7 Å². The first-order valence-corrected chi connectivity index (χ1v) is 9.67. The third kappa shape index (κ3) is 5.45. The van der Waals surface area contributed by atoms with Crippen LogP contribution in [0.2, 0.25) is 0 Å². The van der Waals surface area contributed by atoms with Crippen LogP contribution < -0.4 is 10.6 Å². The molecule has 0 radical (unpaired) electrons. The summed E-state index contributed by atoms with van der Waals surface area (Å²) < 4.78 is 6.44. The van der Waals surface area contributed by atoms with Gasteiger partial charge in [0.2, 0.25) is 0 Å². The molecule has 0 atom stereocenters. The van der Waals surface area contributed by atoms with E-state index in [0.29, 0.717) is 6.54 Å². The van der Waals surface area contributed by atoms with Gasteiger partial charge in [0.1, 0.15) is 6.54 Å². The topological polar surface area (TPSA) is 62.5 Å². The molecule has 5 nitrogen and oxygen atoms in total. The van der Waals surface area contributed by atoms with E-state index in [9.17, 15) is 0 Å². The van der Waals surface area contributed by atoms with Crippen molar-refractivity contribution in [3.05, 3.63) is 51.8 Å². The van der Waals surface area contributed by atoms with Gasteiger partial charge < -0.3 is 15.2 Å². The second kappa shape index (κ2) is 9.73. The summed E-state index contributed by atoms with van der Waals surface area (Å²) in [7, 11) is 0. The Bertz CT molecular complexity index is 743. The second-order valence-corrected chi connectivity index (χ2v) is 7.39. The molecule has 0 bridgehead atoms. The van der Waals surface area contributed by atoms with Crippen LogP contribution in [0.4, 0.5) is 0 Å². The fourth-order valence-corrected chi connectivity index (χ4v) is 3.28. The van der Waals surface area contributed by atoms with E-state index in [1.807, 2.05) is 6.07 Å². The Labute approximate surface area is 180 Å². The number of benzene rings is 1. The van der Waals surface area contributed by atoms with Crippen molar-refractivity contribution in [3.63, 3.8) is 0 Å². The molecule has 0 saturated heterocycles. The summed E-state index contributed by atoms with van der Waals surface area (Å²) in [4.78, 5) is 4.62. The van der Waals surface area contributed by atoms with Crippen LogP contribution in [0, 0.1) is 0 Å². The van der Waals surface area contributed by atoms with Crippen LogP contribution in [0.15, 0.2) is 44.3 Å². The second-order valence-electron chi connectivity index (χ2n) is 6.48. The molecular formula is C19H26BrIN4O. The number of hydrogen-bond acceptors (Lipinski definition) is 3. The van der Waals surface area contributed by atoms with Gasteiger partial charge in [-0.1, -0.05) is 40.1 Å². The minimum Gasteiger partial charge on any atom is -0.359 e. The Kier molecular flexibility index (Phi) is 7.94. The Morgan fingerprint density at radius 2 is 2.08 bits per heavy atom. The highest BCUT2D eigenvalue weighted by molar-refractivity contribution is 14.0. The summed E-state index contributed by atoms with van der Waals surface area (Å²) in [5.74, 6) is 1.61. The maximum atomic E-state index is 5.31. The van der Waals surface area contributed by atoms with E-state index in [4.69, 9.17) is 4.52 Å². The summed E-state index contributed by atoms with van der Waals surface area (Å²) in [5.41, 5.74) is 2.57. The van der Waals surface area contributed by atoms with E-state index >= 15 is 0 Å². The van der Waals surface area contributed by atoms with Crippen molar-refractivity contribution in [1.82, 2.24) is 15.8 Å². The Morgan fingerprint density at radius 1 is 1.27 bits per heavy atom. The molecule has 1 aromatic heterocycles. The SMILES string of the molecule is CCNC(=NCc1cc(CC)no1)NCC1(c2cccc(Br)c2)CC1.I. The number of aromatic nitrogens is 1. The van der Waals surface area contributed by atoms with Crippen molar-refractivity contribution in [3.8, 4) is 0 Å². The van der Waals surface area contributed by atoms with E-state index < -0.39 is 0 Å². The molecular weight excluding hydrogens is 507 g/mol. The van der Waals surface area contributed by atoms with Gasteiger partial charge in [-0.2, -0.15) is 0 Å². The molecule has 1 saturated carbocycles. The van der Waals surface area contributed by atoms with Crippen LogP contribution in [0.5, 0.6) is 0 Å². The summed E-state index contributed by atoms with van der Waals surface area (Å²) in [6, 6.07) is 10.6. The molecule has 0 aliphatic heterocycles. The van der Waals surface area contributed by atoms with Crippen molar-refractivity contribution in [2.45, 2.75) is 45.1 Å². The first kappa shape index (κ1) is 21.2. The number of halogens is 2. The lowest BCUT2D eigenvalue weighted by Gasteiger charge is -2.19. The number of aryl methyl sites for hydroxylation is 1. The maximum Gasteiger partial charge on any atom is 0.191 e. The van der Waals surface area contributed by atoms with Gasteiger partial charge in [-0.3, -0.25) is 0 Å². The highest BCUT2D eigenvalue weighted by Gasteiger charge is 2.44. The average Bonchev–Trinajstić information content (AvgIpc) is 3.27. The predicted octanol–water partition coefficient (Wildman–Crippen LogP) is 4.40. The Balaban J connectivity index is 0.00000243. The van der Waals surface area contributed by atoms with Gasteiger partial charge in [0.15, 0.2) is 11.7 Å². The molecule has 2 N–H and O–H groups in total. The number of rotatable bonds is 7. The fraction of sp³-hybridized carbons (Fsp3) is 0.474. The normalized spacial score (nSPS) is 15.3. The Hall–Kier alpha value is -1.09. The van der Waals surface area contributed by atoms with Crippen LogP contribution >= 0.6 is 39.9 Å². The number of nitrogens with zero attached hydrogens (tertiary/aromatic N) is 2. The lowest BCUT2D eigenvalue weighted by atomic mass is 9.96. The zero-order valence-electron chi connectivity index (χ0n) is 15.2. The molecule has 1 heterocycles. The molecule has 26 heavy (non-hydrogen) atoms. The van der Waals surface area contributed by atoms with Gasteiger partial charge in [0, 0.05) is 29.0 Å². The molecule has 2 aromatic rings. The molecule has 0 spiro atoms. The first-order chi connectivity index (χ1) is 12.1.